The summed E-state index contributed by atoms with van der Waals surface area (Å²) in [6.45, 7) is 3.57. The molecule has 0 aliphatic carbocycles. The molecule has 1 saturated heterocycles. The van der Waals surface area contributed by atoms with Crippen LogP contribution in [0.25, 0.3) is 0 Å². The molecule has 26 heavy (non-hydrogen) atoms. The Morgan fingerprint density at radius 3 is 2.12 bits per heavy atom. The molecule has 7 heteroatoms. The fraction of sp³-hybridized carbons (Fsp3) is 0.316. The van der Waals surface area contributed by atoms with E-state index in [0.717, 1.165) is 0 Å². The summed E-state index contributed by atoms with van der Waals surface area (Å²) in [5.41, 5.74) is 0.956. The average Bonchev–Trinajstić information content (AvgIpc) is 3.29. The number of carbonyl (C=O) groups is 3. The molecule has 0 spiro atoms. The fourth-order valence-corrected chi connectivity index (χ4v) is 3.41. The van der Waals surface area contributed by atoms with Crippen molar-refractivity contribution in [2.24, 2.45) is 0 Å². The number of nitrogens with zero attached hydrogens (tertiary/aromatic N) is 3. The van der Waals surface area contributed by atoms with E-state index in [1.54, 1.807) is 41.3 Å². The summed E-state index contributed by atoms with van der Waals surface area (Å²) in [7, 11) is 0. The van der Waals surface area contributed by atoms with Gasteiger partial charge < -0.3 is 9.32 Å². The summed E-state index contributed by atoms with van der Waals surface area (Å²) in [6, 6.07) is 10.3. The van der Waals surface area contributed by atoms with Crippen LogP contribution in [0.3, 0.4) is 0 Å². The highest BCUT2D eigenvalue weighted by Crippen LogP contribution is 2.22. The predicted molar refractivity (Wildman–Crippen MR) is 92.9 cm³/mol. The highest BCUT2D eigenvalue weighted by atomic mass is 16.3. The van der Waals surface area contributed by atoms with Crippen molar-refractivity contribution < 1.29 is 18.8 Å². The second-order valence-corrected chi connectivity index (χ2v) is 6.42. The van der Waals surface area contributed by atoms with Gasteiger partial charge in [0.1, 0.15) is 0 Å². The third-order valence-electron chi connectivity index (χ3n) is 4.91. The third kappa shape index (κ3) is 2.90. The molecule has 3 heterocycles. The number of piperazine rings is 1. The Balaban J connectivity index is 1.30. The molecule has 0 atom stereocenters. The molecule has 0 bridgehead atoms. The molecule has 3 amide bonds. The van der Waals surface area contributed by atoms with Crippen LogP contribution >= 0.6 is 0 Å². The van der Waals surface area contributed by atoms with Gasteiger partial charge >= 0.3 is 0 Å². The summed E-state index contributed by atoms with van der Waals surface area (Å²) in [6.07, 6.45) is 1.49. The van der Waals surface area contributed by atoms with Gasteiger partial charge in [0, 0.05) is 39.3 Å². The van der Waals surface area contributed by atoms with Crippen molar-refractivity contribution >= 4 is 17.7 Å². The zero-order chi connectivity index (χ0) is 18.1. The summed E-state index contributed by atoms with van der Waals surface area (Å²) >= 11 is 0. The smallest absolute Gasteiger partial charge is 0.289 e. The number of fused-ring (bicyclic) bond motifs is 1. The van der Waals surface area contributed by atoms with Gasteiger partial charge in [0.25, 0.3) is 17.7 Å². The van der Waals surface area contributed by atoms with Gasteiger partial charge in [0.2, 0.25) is 0 Å². The fourth-order valence-electron chi connectivity index (χ4n) is 3.41. The maximum atomic E-state index is 12.4. The lowest BCUT2D eigenvalue weighted by Crippen LogP contribution is -2.50. The first-order valence-corrected chi connectivity index (χ1v) is 8.65. The molecule has 2 aliphatic heterocycles. The zero-order valence-corrected chi connectivity index (χ0v) is 14.3. The minimum atomic E-state index is -0.225. The van der Waals surface area contributed by atoms with Crippen molar-refractivity contribution in [3.05, 3.63) is 59.5 Å². The van der Waals surface area contributed by atoms with Crippen LogP contribution in [0.4, 0.5) is 0 Å². The molecular formula is C19H19N3O4. The average molecular weight is 353 g/mol. The van der Waals surface area contributed by atoms with Crippen molar-refractivity contribution in [3.8, 4) is 0 Å². The quantitative estimate of drug-likeness (QED) is 0.776. The monoisotopic (exact) mass is 353 g/mol. The van der Waals surface area contributed by atoms with E-state index < -0.39 is 0 Å². The largest absolute Gasteiger partial charge is 0.459 e. The predicted octanol–water partition coefficient (Wildman–Crippen LogP) is 1.33. The van der Waals surface area contributed by atoms with E-state index in [-0.39, 0.29) is 17.7 Å². The number of furan rings is 1. The Bertz CT molecular complexity index is 803. The van der Waals surface area contributed by atoms with Gasteiger partial charge in [-0.3, -0.25) is 24.2 Å². The van der Waals surface area contributed by atoms with Crippen LogP contribution in [0.15, 0.2) is 47.1 Å². The Labute approximate surface area is 150 Å². The SMILES string of the molecule is O=C(c1ccco1)N1CCN(CCN2C(=O)c3ccccc3C2=O)CC1. The molecule has 0 saturated carbocycles. The van der Waals surface area contributed by atoms with Crippen LogP contribution in [-0.2, 0) is 0 Å². The standard InChI is InChI=1S/C19H19N3O4/c23-17-14-4-1-2-5-15(14)18(24)22(17)12-9-20-7-10-21(11-8-20)19(25)16-6-3-13-26-16/h1-6,13H,7-12H2. The highest BCUT2D eigenvalue weighted by molar-refractivity contribution is 6.21. The van der Waals surface area contributed by atoms with Crippen molar-refractivity contribution in [2.75, 3.05) is 39.3 Å². The Kier molecular flexibility index (Phi) is 4.30. The van der Waals surface area contributed by atoms with Crippen molar-refractivity contribution in [1.29, 1.82) is 0 Å². The second-order valence-electron chi connectivity index (χ2n) is 6.42. The number of amides is 3. The molecule has 2 aromatic rings. The van der Waals surface area contributed by atoms with E-state index in [1.165, 1.54) is 11.2 Å². The van der Waals surface area contributed by atoms with Crippen LogP contribution in [0.5, 0.6) is 0 Å². The number of benzene rings is 1. The zero-order valence-electron chi connectivity index (χ0n) is 14.3. The molecule has 2 aliphatic rings. The molecular weight excluding hydrogens is 334 g/mol. The van der Waals surface area contributed by atoms with Gasteiger partial charge in [-0.2, -0.15) is 0 Å². The molecule has 4 rings (SSSR count). The molecule has 0 unspecified atom stereocenters. The van der Waals surface area contributed by atoms with E-state index in [2.05, 4.69) is 4.90 Å². The van der Waals surface area contributed by atoms with Gasteiger partial charge in [-0.15, -0.1) is 0 Å². The third-order valence-corrected chi connectivity index (χ3v) is 4.91. The number of imide groups is 1. The van der Waals surface area contributed by atoms with Crippen molar-refractivity contribution in [1.82, 2.24) is 14.7 Å². The summed E-state index contributed by atoms with van der Waals surface area (Å²) < 4.78 is 5.16. The van der Waals surface area contributed by atoms with Crippen LogP contribution in [0, 0.1) is 0 Å². The highest BCUT2D eigenvalue weighted by Gasteiger charge is 2.35. The Morgan fingerprint density at radius 2 is 1.54 bits per heavy atom. The lowest BCUT2D eigenvalue weighted by atomic mass is 10.1. The van der Waals surface area contributed by atoms with Gasteiger partial charge in [0.15, 0.2) is 5.76 Å². The lowest BCUT2D eigenvalue weighted by molar-refractivity contribution is 0.0561. The van der Waals surface area contributed by atoms with Crippen molar-refractivity contribution in [3.63, 3.8) is 0 Å². The van der Waals surface area contributed by atoms with E-state index in [1.807, 2.05) is 0 Å². The minimum Gasteiger partial charge on any atom is -0.459 e. The number of hydrogen-bond donors (Lipinski definition) is 0. The number of hydrogen-bond acceptors (Lipinski definition) is 5. The van der Waals surface area contributed by atoms with Crippen LogP contribution in [0.1, 0.15) is 31.3 Å². The van der Waals surface area contributed by atoms with Gasteiger partial charge in [0.05, 0.1) is 17.4 Å². The lowest BCUT2D eigenvalue weighted by Gasteiger charge is -2.34. The Hall–Kier alpha value is -2.93. The summed E-state index contributed by atoms with van der Waals surface area (Å²) in [4.78, 5) is 42.2. The van der Waals surface area contributed by atoms with Crippen LogP contribution in [0.2, 0.25) is 0 Å². The van der Waals surface area contributed by atoms with E-state index >= 15 is 0 Å². The molecule has 1 fully saturated rings. The first kappa shape index (κ1) is 16.5. The first-order chi connectivity index (χ1) is 12.6. The van der Waals surface area contributed by atoms with E-state index in [4.69, 9.17) is 4.42 Å². The number of rotatable bonds is 4. The molecule has 7 nitrogen and oxygen atoms in total. The second kappa shape index (κ2) is 6.76. The molecule has 1 aromatic carbocycles. The van der Waals surface area contributed by atoms with Crippen molar-refractivity contribution in [2.45, 2.75) is 0 Å². The molecule has 0 N–H and O–H groups in total. The molecule has 0 radical (unpaired) electrons. The summed E-state index contributed by atoms with van der Waals surface area (Å²) in [5, 5.41) is 0. The van der Waals surface area contributed by atoms with Crippen LogP contribution < -0.4 is 0 Å². The maximum absolute atomic E-state index is 12.4. The molecule has 134 valence electrons. The van der Waals surface area contributed by atoms with Gasteiger partial charge in [-0.05, 0) is 24.3 Å². The summed E-state index contributed by atoms with van der Waals surface area (Å²) in [5.74, 6) is -0.200. The number of carbonyl (C=O) groups excluding carboxylic acids is 3. The Morgan fingerprint density at radius 1 is 0.885 bits per heavy atom. The van der Waals surface area contributed by atoms with Gasteiger partial charge in [-0.25, -0.2) is 0 Å². The topological polar surface area (TPSA) is 74.1 Å². The maximum Gasteiger partial charge on any atom is 0.289 e. The van der Waals surface area contributed by atoms with E-state index in [0.29, 0.717) is 56.2 Å². The van der Waals surface area contributed by atoms with Gasteiger partial charge in [-0.1, -0.05) is 12.1 Å². The molecule has 1 aromatic heterocycles. The van der Waals surface area contributed by atoms with E-state index in [9.17, 15) is 14.4 Å². The normalized spacial score (nSPS) is 17.7. The first-order valence-electron chi connectivity index (χ1n) is 8.65. The minimum absolute atomic E-state index is 0.102. The van der Waals surface area contributed by atoms with Crippen LogP contribution in [-0.4, -0.2) is 71.7 Å².